The van der Waals surface area contributed by atoms with Gasteiger partial charge in [0.2, 0.25) is 0 Å². The largest absolute Gasteiger partial charge is 0.468 e. The molecule has 2 aliphatic carbocycles. The number of rotatable bonds is 2. The molecule has 6 heteroatoms. The molecule has 0 N–H and O–H groups in total. The fourth-order valence-corrected chi connectivity index (χ4v) is 4.50. The van der Waals surface area contributed by atoms with Gasteiger partial charge in [0.05, 0.1) is 20.6 Å². The molecule has 3 fully saturated rings. The van der Waals surface area contributed by atoms with E-state index < -0.39 is 17.4 Å². The lowest BCUT2D eigenvalue weighted by Crippen LogP contribution is -2.48. The van der Waals surface area contributed by atoms with Crippen LogP contribution < -0.4 is 0 Å². The molecule has 0 spiro atoms. The van der Waals surface area contributed by atoms with E-state index in [4.69, 9.17) is 14.2 Å². The van der Waals surface area contributed by atoms with Crippen LogP contribution in [0.2, 0.25) is 0 Å². The number of carbonyl (C=O) groups excluding carboxylic acids is 3. The predicted octanol–water partition coefficient (Wildman–Crippen LogP) is 0.680. The van der Waals surface area contributed by atoms with Crippen LogP contribution in [0.1, 0.15) is 25.7 Å². The van der Waals surface area contributed by atoms with Crippen LogP contribution in [-0.4, -0.2) is 38.2 Å². The van der Waals surface area contributed by atoms with Crippen LogP contribution in [0.5, 0.6) is 0 Å². The smallest absolute Gasteiger partial charge is 0.323 e. The minimum atomic E-state index is -1.31. The van der Waals surface area contributed by atoms with Gasteiger partial charge in [-0.05, 0) is 25.2 Å². The van der Waals surface area contributed by atoms with Gasteiger partial charge in [0.25, 0.3) is 0 Å². The summed E-state index contributed by atoms with van der Waals surface area (Å²) in [6.45, 7) is 0. The van der Waals surface area contributed by atoms with E-state index in [-0.39, 0.29) is 29.8 Å². The van der Waals surface area contributed by atoms with Crippen molar-refractivity contribution >= 4 is 17.9 Å². The van der Waals surface area contributed by atoms with E-state index in [1.54, 1.807) is 0 Å². The highest BCUT2D eigenvalue weighted by molar-refractivity contribution is 6.01. The van der Waals surface area contributed by atoms with Gasteiger partial charge in [-0.2, -0.15) is 0 Å². The maximum atomic E-state index is 12.3. The summed E-state index contributed by atoms with van der Waals surface area (Å²) in [4.78, 5) is 36.1. The van der Waals surface area contributed by atoms with Gasteiger partial charge in [-0.15, -0.1) is 0 Å². The fourth-order valence-electron chi connectivity index (χ4n) is 4.50. The molecule has 1 saturated heterocycles. The molecule has 0 amide bonds. The second-order valence-electron chi connectivity index (χ2n) is 5.93. The first-order valence-corrected chi connectivity index (χ1v) is 6.91. The molecule has 0 unspecified atom stereocenters. The molecule has 3 aliphatic rings. The van der Waals surface area contributed by atoms with E-state index in [0.29, 0.717) is 12.8 Å². The van der Waals surface area contributed by atoms with E-state index >= 15 is 0 Å². The van der Waals surface area contributed by atoms with Crippen LogP contribution in [0.4, 0.5) is 0 Å². The predicted molar refractivity (Wildman–Crippen MR) is 65.3 cm³/mol. The zero-order valence-corrected chi connectivity index (χ0v) is 11.6. The number of methoxy groups -OCH3 is 2. The molecule has 0 aromatic rings. The number of fused-ring (bicyclic) bond motifs is 3. The molecule has 2 saturated carbocycles. The Morgan fingerprint density at radius 1 is 1.20 bits per heavy atom. The third kappa shape index (κ3) is 1.53. The average molecular weight is 282 g/mol. The maximum absolute atomic E-state index is 12.3. The summed E-state index contributed by atoms with van der Waals surface area (Å²) < 4.78 is 15.1. The number of hydrogen-bond acceptors (Lipinski definition) is 6. The second kappa shape index (κ2) is 4.46. The number of carbonyl (C=O) groups is 3. The minimum Gasteiger partial charge on any atom is -0.468 e. The van der Waals surface area contributed by atoms with Gasteiger partial charge in [-0.1, -0.05) is 0 Å². The number of hydrogen-bond donors (Lipinski definition) is 0. The molecule has 6 nitrogen and oxygen atoms in total. The Kier molecular flexibility index (Phi) is 2.99. The Hall–Kier alpha value is -1.59. The van der Waals surface area contributed by atoms with Crippen molar-refractivity contribution in [1.29, 1.82) is 0 Å². The minimum absolute atomic E-state index is 0.117. The van der Waals surface area contributed by atoms with Gasteiger partial charge in [0.1, 0.15) is 6.10 Å². The third-order valence-corrected chi connectivity index (χ3v) is 5.21. The average Bonchev–Trinajstić information content (AvgIpc) is 3.06. The molecule has 0 radical (unpaired) electrons. The van der Waals surface area contributed by atoms with E-state index in [1.807, 2.05) is 0 Å². The lowest BCUT2D eigenvalue weighted by molar-refractivity contribution is -0.177. The molecule has 1 aliphatic heterocycles. The van der Waals surface area contributed by atoms with Crippen LogP contribution in [0, 0.1) is 23.2 Å². The molecular weight excluding hydrogens is 264 g/mol. The Morgan fingerprint density at radius 2 is 1.85 bits per heavy atom. The summed E-state index contributed by atoms with van der Waals surface area (Å²) in [6.07, 6.45) is 2.03. The van der Waals surface area contributed by atoms with Crippen molar-refractivity contribution in [3.63, 3.8) is 0 Å². The van der Waals surface area contributed by atoms with E-state index in [9.17, 15) is 14.4 Å². The van der Waals surface area contributed by atoms with Crippen molar-refractivity contribution in [2.45, 2.75) is 31.8 Å². The van der Waals surface area contributed by atoms with Gasteiger partial charge in [-0.25, -0.2) is 0 Å². The van der Waals surface area contributed by atoms with Crippen molar-refractivity contribution in [2.75, 3.05) is 14.2 Å². The van der Waals surface area contributed by atoms with E-state index in [2.05, 4.69) is 0 Å². The highest BCUT2D eigenvalue weighted by Crippen LogP contribution is 2.60. The molecule has 110 valence electrons. The van der Waals surface area contributed by atoms with Crippen molar-refractivity contribution < 1.29 is 28.6 Å². The maximum Gasteiger partial charge on any atom is 0.323 e. The van der Waals surface area contributed by atoms with Gasteiger partial charge in [0, 0.05) is 11.8 Å². The quantitative estimate of drug-likeness (QED) is 0.421. The Bertz CT molecular complexity index is 454. The van der Waals surface area contributed by atoms with Crippen LogP contribution >= 0.6 is 0 Å². The van der Waals surface area contributed by atoms with Crippen molar-refractivity contribution in [1.82, 2.24) is 0 Å². The van der Waals surface area contributed by atoms with Gasteiger partial charge in [-0.3, -0.25) is 14.4 Å². The summed E-state index contributed by atoms with van der Waals surface area (Å²) in [6, 6.07) is 0. The van der Waals surface area contributed by atoms with Crippen LogP contribution in [0.25, 0.3) is 0 Å². The first-order valence-electron chi connectivity index (χ1n) is 6.91. The Balaban J connectivity index is 2.00. The van der Waals surface area contributed by atoms with Crippen LogP contribution in [0.3, 0.4) is 0 Å². The SMILES string of the molecule is COC(=O)C1(C(=O)OC)CC[C@@H]2C[C@H]3CC(=O)O[C@H]3[C@@H]21. The molecular formula is C14H18O6. The Morgan fingerprint density at radius 3 is 2.45 bits per heavy atom. The zero-order valence-electron chi connectivity index (χ0n) is 11.6. The highest BCUT2D eigenvalue weighted by Gasteiger charge is 2.68. The monoisotopic (exact) mass is 282 g/mol. The van der Waals surface area contributed by atoms with Gasteiger partial charge in [0.15, 0.2) is 5.41 Å². The first-order chi connectivity index (χ1) is 9.54. The third-order valence-electron chi connectivity index (χ3n) is 5.21. The highest BCUT2D eigenvalue weighted by atomic mass is 16.6. The summed E-state index contributed by atoms with van der Waals surface area (Å²) in [5, 5.41) is 0. The summed E-state index contributed by atoms with van der Waals surface area (Å²) in [7, 11) is 2.54. The Labute approximate surface area is 116 Å². The molecule has 0 bridgehead atoms. The zero-order chi connectivity index (χ0) is 14.5. The van der Waals surface area contributed by atoms with E-state index in [1.165, 1.54) is 14.2 Å². The molecule has 1 heterocycles. The molecule has 0 aromatic heterocycles. The molecule has 3 rings (SSSR count). The van der Waals surface area contributed by atoms with Crippen LogP contribution in [-0.2, 0) is 28.6 Å². The van der Waals surface area contributed by atoms with Crippen molar-refractivity contribution in [3.8, 4) is 0 Å². The molecule has 4 atom stereocenters. The van der Waals surface area contributed by atoms with Crippen LogP contribution in [0.15, 0.2) is 0 Å². The topological polar surface area (TPSA) is 78.9 Å². The number of ether oxygens (including phenoxy) is 3. The van der Waals surface area contributed by atoms with Crippen molar-refractivity contribution in [2.24, 2.45) is 23.2 Å². The first kappa shape index (κ1) is 13.4. The molecule has 20 heavy (non-hydrogen) atoms. The lowest BCUT2D eigenvalue weighted by atomic mass is 9.74. The van der Waals surface area contributed by atoms with E-state index in [0.717, 1.165) is 12.8 Å². The normalized spacial score (nSPS) is 37.0. The van der Waals surface area contributed by atoms with Crippen molar-refractivity contribution in [3.05, 3.63) is 0 Å². The number of esters is 3. The van der Waals surface area contributed by atoms with Gasteiger partial charge >= 0.3 is 17.9 Å². The summed E-state index contributed by atoms with van der Waals surface area (Å²) >= 11 is 0. The summed E-state index contributed by atoms with van der Waals surface area (Å²) in [5.41, 5.74) is -1.31. The standard InChI is InChI=1S/C14H18O6/c1-18-12(16)14(13(17)19-2)4-3-7-5-8-6-9(15)20-11(8)10(7)14/h7-8,10-11H,3-6H2,1-2H3/t7-,8+,10-,11-/m1/s1. The summed E-state index contributed by atoms with van der Waals surface area (Å²) in [5.74, 6) is -1.35. The molecule has 0 aromatic carbocycles. The fraction of sp³-hybridized carbons (Fsp3) is 0.786. The van der Waals surface area contributed by atoms with Gasteiger partial charge < -0.3 is 14.2 Å². The lowest BCUT2D eigenvalue weighted by Gasteiger charge is -2.32. The second-order valence-corrected chi connectivity index (χ2v) is 5.93.